The summed E-state index contributed by atoms with van der Waals surface area (Å²) in [6, 6.07) is 0.697. The van der Waals surface area contributed by atoms with Gasteiger partial charge in [0.15, 0.2) is 0 Å². The Morgan fingerprint density at radius 1 is 1.13 bits per heavy atom. The van der Waals surface area contributed by atoms with Crippen LogP contribution < -0.4 is 5.32 Å². The van der Waals surface area contributed by atoms with Crippen molar-refractivity contribution in [1.29, 1.82) is 0 Å². The van der Waals surface area contributed by atoms with Gasteiger partial charge in [0, 0.05) is 24.7 Å². The third kappa shape index (κ3) is 5.53. The second-order valence-corrected chi connectivity index (χ2v) is 5.06. The number of nitrogens with one attached hydrogen (secondary N) is 1. The van der Waals surface area contributed by atoms with Crippen molar-refractivity contribution in [3.63, 3.8) is 0 Å². The average molecular weight is 214 g/mol. The molecule has 0 aliphatic rings. The molecule has 0 unspecified atom stereocenters. The summed E-state index contributed by atoms with van der Waals surface area (Å²) in [5.74, 6) is 0. The van der Waals surface area contributed by atoms with Crippen LogP contribution in [0.2, 0.25) is 0 Å². The minimum atomic E-state index is 0.329. The Labute approximate surface area is 96.4 Å². The molecule has 0 amide bonds. The molecular formula is C13H30N2. The van der Waals surface area contributed by atoms with Gasteiger partial charge in [-0.15, -0.1) is 0 Å². The Morgan fingerprint density at radius 2 is 1.67 bits per heavy atom. The van der Waals surface area contributed by atoms with Crippen LogP contribution in [0.25, 0.3) is 0 Å². The van der Waals surface area contributed by atoms with Gasteiger partial charge in [0.2, 0.25) is 0 Å². The lowest BCUT2D eigenvalue weighted by Gasteiger charge is -2.35. The van der Waals surface area contributed by atoms with E-state index >= 15 is 0 Å². The van der Waals surface area contributed by atoms with Crippen molar-refractivity contribution in [2.45, 2.75) is 65.5 Å². The second kappa shape index (κ2) is 7.24. The highest BCUT2D eigenvalue weighted by Crippen LogP contribution is 2.15. The largest absolute Gasteiger partial charge is 0.313 e. The molecule has 2 nitrogen and oxygen atoms in total. The summed E-state index contributed by atoms with van der Waals surface area (Å²) in [5.41, 5.74) is 0.329. The Balaban J connectivity index is 3.76. The van der Waals surface area contributed by atoms with Crippen molar-refractivity contribution in [3.8, 4) is 0 Å². The highest BCUT2D eigenvalue weighted by Gasteiger charge is 2.20. The van der Waals surface area contributed by atoms with Gasteiger partial charge in [-0.1, -0.05) is 20.8 Å². The van der Waals surface area contributed by atoms with E-state index in [1.165, 1.54) is 19.3 Å². The highest BCUT2D eigenvalue weighted by atomic mass is 15.2. The molecule has 0 saturated heterocycles. The first-order valence-electron chi connectivity index (χ1n) is 6.42. The normalized spacial score (nSPS) is 12.8. The summed E-state index contributed by atoms with van der Waals surface area (Å²) < 4.78 is 0. The fourth-order valence-corrected chi connectivity index (χ4v) is 1.59. The quantitative estimate of drug-likeness (QED) is 0.668. The second-order valence-electron chi connectivity index (χ2n) is 5.06. The molecule has 0 spiro atoms. The van der Waals surface area contributed by atoms with Gasteiger partial charge in [0.05, 0.1) is 0 Å². The molecule has 92 valence electrons. The van der Waals surface area contributed by atoms with E-state index in [9.17, 15) is 0 Å². The van der Waals surface area contributed by atoms with Crippen molar-refractivity contribution in [1.82, 2.24) is 10.2 Å². The molecule has 0 bridgehead atoms. The number of hydrogen-bond donors (Lipinski definition) is 1. The molecule has 0 aromatic heterocycles. The van der Waals surface area contributed by atoms with Gasteiger partial charge in [-0.05, 0) is 40.2 Å². The molecule has 2 heteroatoms. The van der Waals surface area contributed by atoms with Crippen molar-refractivity contribution in [2.75, 3.05) is 20.1 Å². The molecule has 0 aromatic carbocycles. The van der Waals surface area contributed by atoms with Crippen LogP contribution in [-0.4, -0.2) is 36.6 Å². The molecule has 0 fully saturated rings. The van der Waals surface area contributed by atoms with E-state index in [-0.39, 0.29) is 0 Å². The Hall–Kier alpha value is -0.0800. The summed E-state index contributed by atoms with van der Waals surface area (Å²) >= 11 is 0. The van der Waals surface area contributed by atoms with Crippen molar-refractivity contribution < 1.29 is 0 Å². The van der Waals surface area contributed by atoms with Crippen LogP contribution in [0.3, 0.4) is 0 Å². The van der Waals surface area contributed by atoms with E-state index in [4.69, 9.17) is 0 Å². The molecule has 0 aliphatic carbocycles. The maximum absolute atomic E-state index is 3.60. The lowest BCUT2D eigenvalue weighted by atomic mass is 10.0. The number of rotatable bonds is 8. The van der Waals surface area contributed by atoms with E-state index in [1.807, 2.05) is 0 Å². The lowest BCUT2D eigenvalue weighted by Crippen LogP contribution is -2.45. The minimum Gasteiger partial charge on any atom is -0.313 e. The topological polar surface area (TPSA) is 15.3 Å². The standard InChI is InChI=1S/C13H30N2/c1-7-12(8-2)14-10-11-15(6)13(4,5)9-3/h12,14H,7-11H2,1-6H3. The van der Waals surface area contributed by atoms with Gasteiger partial charge in [0.25, 0.3) is 0 Å². The maximum atomic E-state index is 3.60. The van der Waals surface area contributed by atoms with Crippen LogP contribution >= 0.6 is 0 Å². The molecule has 0 radical (unpaired) electrons. The van der Waals surface area contributed by atoms with Gasteiger partial charge in [-0.3, -0.25) is 4.90 Å². The summed E-state index contributed by atoms with van der Waals surface area (Å²) in [5, 5.41) is 3.60. The Kier molecular flexibility index (Phi) is 7.20. The zero-order valence-corrected chi connectivity index (χ0v) is 11.6. The summed E-state index contributed by atoms with van der Waals surface area (Å²) in [6.07, 6.45) is 3.67. The van der Waals surface area contributed by atoms with E-state index in [0.717, 1.165) is 13.1 Å². The zero-order valence-electron chi connectivity index (χ0n) is 11.6. The number of hydrogen-bond acceptors (Lipinski definition) is 2. The summed E-state index contributed by atoms with van der Waals surface area (Å²) in [4.78, 5) is 2.45. The first-order valence-corrected chi connectivity index (χ1v) is 6.42. The maximum Gasteiger partial charge on any atom is 0.0148 e. The van der Waals surface area contributed by atoms with Crippen LogP contribution in [0.1, 0.15) is 53.9 Å². The first-order chi connectivity index (χ1) is 6.97. The van der Waals surface area contributed by atoms with Crippen LogP contribution in [0.15, 0.2) is 0 Å². The molecule has 0 aromatic rings. The molecule has 1 N–H and O–H groups in total. The third-order valence-electron chi connectivity index (χ3n) is 3.76. The van der Waals surface area contributed by atoms with E-state index < -0.39 is 0 Å². The van der Waals surface area contributed by atoms with E-state index in [1.54, 1.807) is 0 Å². The Morgan fingerprint density at radius 3 is 2.07 bits per heavy atom. The zero-order chi connectivity index (χ0) is 11.9. The smallest absolute Gasteiger partial charge is 0.0148 e. The fraction of sp³-hybridized carbons (Fsp3) is 1.00. The third-order valence-corrected chi connectivity index (χ3v) is 3.76. The van der Waals surface area contributed by atoms with Gasteiger partial charge >= 0.3 is 0 Å². The van der Waals surface area contributed by atoms with Crippen LogP contribution in [0, 0.1) is 0 Å². The van der Waals surface area contributed by atoms with E-state index in [2.05, 4.69) is 51.9 Å². The summed E-state index contributed by atoms with van der Waals surface area (Å²) in [6.45, 7) is 13.6. The lowest BCUT2D eigenvalue weighted by molar-refractivity contribution is 0.150. The molecule has 0 atom stereocenters. The molecule has 15 heavy (non-hydrogen) atoms. The van der Waals surface area contributed by atoms with Gasteiger partial charge < -0.3 is 5.32 Å². The van der Waals surface area contributed by atoms with Crippen molar-refractivity contribution >= 4 is 0 Å². The average Bonchev–Trinajstić information content (AvgIpc) is 2.24. The van der Waals surface area contributed by atoms with Crippen molar-refractivity contribution in [2.24, 2.45) is 0 Å². The highest BCUT2D eigenvalue weighted by molar-refractivity contribution is 4.78. The van der Waals surface area contributed by atoms with Crippen LogP contribution in [-0.2, 0) is 0 Å². The summed E-state index contributed by atoms with van der Waals surface area (Å²) in [7, 11) is 2.22. The predicted octanol–water partition coefficient (Wildman–Crippen LogP) is 2.89. The molecule has 0 heterocycles. The van der Waals surface area contributed by atoms with Crippen LogP contribution in [0.4, 0.5) is 0 Å². The van der Waals surface area contributed by atoms with Gasteiger partial charge in [-0.2, -0.15) is 0 Å². The number of likely N-dealkylation sites (N-methyl/N-ethyl adjacent to an activating group) is 1. The van der Waals surface area contributed by atoms with Crippen LogP contribution in [0.5, 0.6) is 0 Å². The van der Waals surface area contributed by atoms with E-state index in [0.29, 0.717) is 11.6 Å². The van der Waals surface area contributed by atoms with Crippen molar-refractivity contribution in [3.05, 3.63) is 0 Å². The number of nitrogens with zero attached hydrogens (tertiary/aromatic N) is 1. The SMILES string of the molecule is CCC(CC)NCCN(C)C(C)(C)CC. The molecule has 0 aliphatic heterocycles. The first kappa shape index (κ1) is 14.9. The van der Waals surface area contributed by atoms with Gasteiger partial charge in [0.1, 0.15) is 0 Å². The van der Waals surface area contributed by atoms with Gasteiger partial charge in [-0.25, -0.2) is 0 Å². The minimum absolute atomic E-state index is 0.329. The molecule has 0 rings (SSSR count). The predicted molar refractivity (Wildman–Crippen MR) is 69.4 cm³/mol. The Bertz CT molecular complexity index is 151. The monoisotopic (exact) mass is 214 g/mol. The molecular weight excluding hydrogens is 184 g/mol. The molecule has 0 saturated carbocycles. The fourth-order valence-electron chi connectivity index (χ4n) is 1.59.